The number of rotatable bonds is 7. The van der Waals surface area contributed by atoms with E-state index in [-0.39, 0.29) is 30.6 Å². The van der Waals surface area contributed by atoms with E-state index >= 15 is 0 Å². The quantitative estimate of drug-likeness (QED) is 0.378. The van der Waals surface area contributed by atoms with Gasteiger partial charge in [0.2, 0.25) is 0 Å². The normalized spacial score (nSPS) is 14.4. The highest BCUT2D eigenvalue weighted by Crippen LogP contribution is 2.37. The number of carbonyl (C=O) groups excluding carboxylic acids is 2. The zero-order chi connectivity index (χ0) is 21.1. The van der Waals surface area contributed by atoms with Gasteiger partial charge in [0.05, 0.1) is 22.1 Å². The van der Waals surface area contributed by atoms with Gasteiger partial charge in [0, 0.05) is 28.9 Å². The Hall–Kier alpha value is -2.00. The molecule has 2 aromatic carbocycles. The predicted molar refractivity (Wildman–Crippen MR) is 120 cm³/mol. The van der Waals surface area contributed by atoms with Crippen LogP contribution >= 0.6 is 31.9 Å². The van der Waals surface area contributed by atoms with Gasteiger partial charge in [-0.05, 0) is 80.4 Å². The maximum atomic E-state index is 12.7. The van der Waals surface area contributed by atoms with Gasteiger partial charge in [-0.15, -0.1) is 0 Å². The van der Waals surface area contributed by atoms with Gasteiger partial charge >= 0.3 is 0 Å². The molecule has 3 N–H and O–H groups in total. The standard InChI is InChI=1S/C21H20Br2N2O4/c1-2-25(5-6-26)11-19(27)13-3-4-18-14(10-13)15(21(29)24-18)7-12-8-16(22)20(28)17(23)9-12/h3-4,7-10,26,28H,2,5-6,11H2,1H3,(H,24,29)/b15-7-. The fraction of sp³-hybridized carbons (Fsp3) is 0.238. The number of anilines is 1. The highest BCUT2D eigenvalue weighted by atomic mass is 79.9. The summed E-state index contributed by atoms with van der Waals surface area (Å²) in [5, 5.41) is 21.8. The largest absolute Gasteiger partial charge is 0.506 e. The molecule has 1 aliphatic heterocycles. The van der Waals surface area contributed by atoms with Crippen molar-refractivity contribution in [1.29, 1.82) is 0 Å². The molecule has 6 nitrogen and oxygen atoms in total. The van der Waals surface area contributed by atoms with Crippen LogP contribution in [0.4, 0.5) is 5.69 Å². The molecule has 29 heavy (non-hydrogen) atoms. The number of aromatic hydroxyl groups is 1. The SMILES string of the molecule is CCN(CCO)CC(=O)c1ccc2c(c1)/C(=C/c1cc(Br)c(O)c(Br)c1)C(=O)N2. The zero-order valence-electron chi connectivity index (χ0n) is 15.7. The van der Waals surface area contributed by atoms with Crippen LogP contribution in [-0.2, 0) is 4.79 Å². The number of phenols is 1. The first kappa shape index (κ1) is 21.7. The molecule has 0 bridgehead atoms. The molecule has 0 unspecified atom stereocenters. The highest BCUT2D eigenvalue weighted by Gasteiger charge is 2.25. The van der Waals surface area contributed by atoms with E-state index in [9.17, 15) is 14.7 Å². The van der Waals surface area contributed by atoms with Gasteiger partial charge in [-0.25, -0.2) is 0 Å². The molecule has 0 fully saturated rings. The summed E-state index contributed by atoms with van der Waals surface area (Å²) in [5.74, 6) is -0.239. The zero-order valence-corrected chi connectivity index (χ0v) is 18.9. The van der Waals surface area contributed by atoms with Crippen molar-refractivity contribution in [3.63, 3.8) is 0 Å². The van der Waals surface area contributed by atoms with Crippen LogP contribution in [0.25, 0.3) is 11.6 Å². The molecular formula is C21H20Br2N2O4. The van der Waals surface area contributed by atoms with E-state index in [2.05, 4.69) is 37.2 Å². The number of aliphatic hydroxyl groups is 1. The summed E-state index contributed by atoms with van der Waals surface area (Å²) in [7, 11) is 0. The second-order valence-corrected chi connectivity index (χ2v) is 8.33. The number of benzene rings is 2. The molecule has 3 rings (SSSR count). The van der Waals surface area contributed by atoms with E-state index in [1.54, 1.807) is 36.4 Å². The number of likely N-dealkylation sites (N-methyl/N-ethyl adjacent to an activating group) is 1. The van der Waals surface area contributed by atoms with E-state index in [4.69, 9.17) is 5.11 Å². The fourth-order valence-corrected chi connectivity index (χ4v) is 4.35. The number of halogens is 2. The van der Waals surface area contributed by atoms with Gasteiger partial charge in [0.15, 0.2) is 5.78 Å². The molecule has 1 heterocycles. The molecule has 152 valence electrons. The molecule has 0 aliphatic carbocycles. The van der Waals surface area contributed by atoms with Gasteiger partial charge in [-0.1, -0.05) is 6.92 Å². The third kappa shape index (κ3) is 4.78. The second-order valence-electron chi connectivity index (χ2n) is 6.62. The average Bonchev–Trinajstić information content (AvgIpc) is 3.00. The Morgan fingerprint density at radius 3 is 2.52 bits per heavy atom. The third-order valence-corrected chi connectivity index (χ3v) is 5.91. The molecule has 8 heteroatoms. The second kappa shape index (κ2) is 9.21. The lowest BCUT2D eigenvalue weighted by atomic mass is 10.00. The van der Waals surface area contributed by atoms with Crippen LogP contribution < -0.4 is 5.32 Å². The van der Waals surface area contributed by atoms with Crippen molar-refractivity contribution >= 4 is 60.9 Å². The van der Waals surface area contributed by atoms with Crippen LogP contribution in [0.1, 0.15) is 28.4 Å². The predicted octanol–water partition coefficient (Wildman–Crippen LogP) is 3.91. The van der Waals surface area contributed by atoms with Gasteiger partial charge in [0.1, 0.15) is 5.75 Å². The number of phenolic OH excluding ortho intramolecular Hbond substituents is 1. The summed E-state index contributed by atoms with van der Waals surface area (Å²) in [5.41, 5.74) is 2.98. The van der Waals surface area contributed by atoms with Crippen molar-refractivity contribution in [2.75, 3.05) is 31.6 Å². The van der Waals surface area contributed by atoms with Gasteiger partial charge in [0.25, 0.3) is 5.91 Å². The first-order valence-electron chi connectivity index (χ1n) is 9.06. The first-order valence-corrected chi connectivity index (χ1v) is 10.6. The summed E-state index contributed by atoms with van der Waals surface area (Å²) in [6.07, 6.45) is 1.72. The van der Waals surface area contributed by atoms with Gasteiger partial charge in [-0.3, -0.25) is 14.5 Å². The van der Waals surface area contributed by atoms with Crippen molar-refractivity contribution in [3.8, 4) is 5.75 Å². The van der Waals surface area contributed by atoms with Crippen LogP contribution in [0.15, 0.2) is 39.3 Å². The summed E-state index contributed by atoms with van der Waals surface area (Å²) < 4.78 is 1.01. The number of aliphatic hydroxyl groups excluding tert-OH is 1. The number of nitrogens with zero attached hydrogens (tertiary/aromatic N) is 1. The molecule has 0 atom stereocenters. The molecule has 2 aromatic rings. The lowest BCUT2D eigenvalue weighted by Crippen LogP contribution is -2.32. The first-order chi connectivity index (χ1) is 13.8. The van der Waals surface area contributed by atoms with E-state index in [0.717, 1.165) is 5.56 Å². The number of hydrogen-bond donors (Lipinski definition) is 3. The monoisotopic (exact) mass is 522 g/mol. The summed E-state index contributed by atoms with van der Waals surface area (Å²) in [6, 6.07) is 8.57. The van der Waals surface area contributed by atoms with Crippen LogP contribution in [0.2, 0.25) is 0 Å². The van der Waals surface area contributed by atoms with Crippen LogP contribution in [0.3, 0.4) is 0 Å². The Labute approximate surface area is 185 Å². The number of ketones is 1. The Kier molecular flexibility index (Phi) is 6.89. The van der Waals surface area contributed by atoms with Crippen LogP contribution in [-0.4, -0.2) is 53.0 Å². The Balaban J connectivity index is 1.94. The maximum Gasteiger partial charge on any atom is 0.256 e. The van der Waals surface area contributed by atoms with E-state index in [0.29, 0.717) is 44.4 Å². The molecular weight excluding hydrogens is 504 g/mol. The van der Waals surface area contributed by atoms with Crippen molar-refractivity contribution in [2.45, 2.75) is 6.92 Å². The van der Waals surface area contributed by atoms with Crippen molar-refractivity contribution in [2.24, 2.45) is 0 Å². The van der Waals surface area contributed by atoms with E-state index in [1.807, 2.05) is 11.8 Å². The molecule has 1 aliphatic rings. The van der Waals surface area contributed by atoms with Crippen molar-refractivity contribution in [1.82, 2.24) is 4.90 Å². The molecule has 0 spiro atoms. The van der Waals surface area contributed by atoms with E-state index < -0.39 is 0 Å². The fourth-order valence-electron chi connectivity index (χ4n) is 3.12. The molecule has 1 amide bonds. The molecule has 0 radical (unpaired) electrons. The number of Topliss-reactive ketones (excluding diaryl/α,β-unsaturated/α-hetero) is 1. The van der Waals surface area contributed by atoms with Crippen molar-refractivity contribution in [3.05, 3.63) is 56.0 Å². The van der Waals surface area contributed by atoms with Gasteiger partial charge in [-0.2, -0.15) is 0 Å². The number of fused-ring (bicyclic) bond motifs is 1. The number of nitrogens with one attached hydrogen (secondary N) is 1. The Morgan fingerprint density at radius 1 is 1.21 bits per heavy atom. The number of carbonyl (C=O) groups is 2. The highest BCUT2D eigenvalue weighted by molar-refractivity contribution is 9.11. The Bertz CT molecular complexity index is 981. The van der Waals surface area contributed by atoms with Crippen LogP contribution in [0, 0.1) is 0 Å². The Morgan fingerprint density at radius 2 is 1.90 bits per heavy atom. The lowest BCUT2D eigenvalue weighted by molar-refractivity contribution is -0.110. The minimum Gasteiger partial charge on any atom is -0.506 e. The van der Waals surface area contributed by atoms with Gasteiger partial charge < -0.3 is 15.5 Å². The summed E-state index contributed by atoms with van der Waals surface area (Å²) >= 11 is 6.58. The third-order valence-electron chi connectivity index (χ3n) is 4.71. The number of hydrogen-bond acceptors (Lipinski definition) is 5. The molecule has 0 saturated heterocycles. The lowest BCUT2D eigenvalue weighted by Gasteiger charge is -2.18. The smallest absolute Gasteiger partial charge is 0.256 e. The summed E-state index contributed by atoms with van der Waals surface area (Å²) in [4.78, 5) is 27.0. The molecule has 0 saturated carbocycles. The minimum absolute atomic E-state index is 0.00559. The minimum atomic E-state index is -0.250. The van der Waals surface area contributed by atoms with Crippen molar-refractivity contribution < 1.29 is 19.8 Å². The topological polar surface area (TPSA) is 89.9 Å². The van der Waals surface area contributed by atoms with E-state index in [1.165, 1.54) is 0 Å². The summed E-state index contributed by atoms with van der Waals surface area (Å²) in [6.45, 7) is 3.22. The molecule has 0 aromatic heterocycles. The van der Waals surface area contributed by atoms with Crippen LogP contribution in [0.5, 0.6) is 5.75 Å². The number of amides is 1. The average molecular weight is 524 g/mol. The maximum absolute atomic E-state index is 12.7.